The Morgan fingerprint density at radius 1 is 1.42 bits per heavy atom. The number of aliphatic hydroxyl groups excluding tert-OH is 1. The van der Waals surface area contributed by atoms with Crippen molar-refractivity contribution in [1.29, 1.82) is 0 Å². The highest BCUT2D eigenvalue weighted by Crippen LogP contribution is 2.25. The number of anilines is 1. The summed E-state index contributed by atoms with van der Waals surface area (Å²) in [5.74, 6) is 0.478. The topological polar surface area (TPSA) is 102 Å². The summed E-state index contributed by atoms with van der Waals surface area (Å²) in [5, 5.41) is 9.56. The molecule has 0 saturated carbocycles. The van der Waals surface area contributed by atoms with Gasteiger partial charge in [-0.05, 0) is 32.9 Å². The highest BCUT2D eigenvalue weighted by molar-refractivity contribution is 7.89. The van der Waals surface area contributed by atoms with Gasteiger partial charge in [-0.3, -0.25) is 0 Å². The monoisotopic (exact) mass is 288 g/mol. The Morgan fingerprint density at radius 2 is 2.00 bits per heavy atom. The first-order valence-electron chi connectivity index (χ1n) is 5.75. The number of benzene rings is 1. The van der Waals surface area contributed by atoms with Crippen LogP contribution in [0.1, 0.15) is 20.8 Å². The Morgan fingerprint density at radius 3 is 2.42 bits per heavy atom. The summed E-state index contributed by atoms with van der Waals surface area (Å²) >= 11 is 0. The number of nitrogen functional groups attached to an aromatic ring is 1. The van der Waals surface area contributed by atoms with E-state index in [4.69, 9.17) is 10.5 Å². The molecule has 1 aromatic rings. The van der Waals surface area contributed by atoms with E-state index in [2.05, 4.69) is 4.72 Å². The summed E-state index contributed by atoms with van der Waals surface area (Å²) in [4.78, 5) is -0.0398. The summed E-state index contributed by atoms with van der Waals surface area (Å²) in [6, 6.07) is 4.32. The Bertz CT molecular complexity index is 553. The molecule has 1 unspecified atom stereocenters. The molecule has 0 aliphatic heterocycles. The lowest BCUT2D eigenvalue weighted by atomic mass is 10.0. The fourth-order valence-electron chi connectivity index (χ4n) is 1.38. The molecule has 19 heavy (non-hydrogen) atoms. The lowest BCUT2D eigenvalue weighted by Crippen LogP contribution is -2.50. The fraction of sp³-hybridized carbons (Fsp3) is 0.500. The lowest BCUT2D eigenvalue weighted by molar-refractivity contribution is 0.111. The van der Waals surface area contributed by atoms with E-state index in [9.17, 15) is 13.5 Å². The fourth-order valence-corrected chi connectivity index (χ4v) is 2.97. The number of hydrogen-bond donors (Lipinski definition) is 3. The third-order valence-electron chi connectivity index (χ3n) is 2.95. The molecule has 108 valence electrons. The largest absolute Gasteiger partial charge is 0.497 e. The van der Waals surface area contributed by atoms with E-state index in [1.807, 2.05) is 0 Å². The first-order chi connectivity index (χ1) is 8.60. The van der Waals surface area contributed by atoms with Crippen LogP contribution in [0.15, 0.2) is 23.1 Å². The number of nitrogens with one attached hydrogen (secondary N) is 1. The molecule has 1 rings (SSSR count). The summed E-state index contributed by atoms with van der Waals surface area (Å²) in [6.07, 6.45) is -0.846. The van der Waals surface area contributed by atoms with Crippen LogP contribution in [0, 0.1) is 0 Å². The standard InChI is InChI=1S/C12H20N2O4S/c1-8(15)12(2,3)14-19(16,17)11-6-5-9(18-4)7-10(11)13/h5-8,14-15H,13H2,1-4H3. The van der Waals surface area contributed by atoms with E-state index in [1.54, 1.807) is 13.8 Å². The molecule has 0 saturated heterocycles. The van der Waals surface area contributed by atoms with E-state index >= 15 is 0 Å². The maximum atomic E-state index is 12.2. The van der Waals surface area contributed by atoms with Crippen molar-refractivity contribution in [2.24, 2.45) is 0 Å². The third-order valence-corrected chi connectivity index (χ3v) is 4.69. The number of aliphatic hydroxyl groups is 1. The van der Waals surface area contributed by atoms with E-state index in [0.717, 1.165) is 0 Å². The molecule has 0 aliphatic rings. The molecule has 0 aliphatic carbocycles. The van der Waals surface area contributed by atoms with Crippen LogP contribution >= 0.6 is 0 Å². The van der Waals surface area contributed by atoms with Crippen LogP contribution in [0.25, 0.3) is 0 Å². The van der Waals surface area contributed by atoms with Crippen LogP contribution < -0.4 is 15.2 Å². The molecular formula is C12H20N2O4S. The van der Waals surface area contributed by atoms with Crippen LogP contribution in [-0.4, -0.2) is 32.3 Å². The maximum Gasteiger partial charge on any atom is 0.243 e. The predicted octanol–water partition coefficient (Wildman–Crippen LogP) is 0.715. The van der Waals surface area contributed by atoms with Crippen molar-refractivity contribution in [2.75, 3.05) is 12.8 Å². The molecule has 0 amide bonds. The number of hydrogen-bond acceptors (Lipinski definition) is 5. The van der Waals surface area contributed by atoms with Crippen molar-refractivity contribution in [2.45, 2.75) is 37.3 Å². The minimum Gasteiger partial charge on any atom is -0.497 e. The maximum absolute atomic E-state index is 12.2. The Kier molecular flexibility index (Phi) is 4.44. The normalized spacial score (nSPS) is 14.2. The smallest absolute Gasteiger partial charge is 0.243 e. The summed E-state index contributed by atoms with van der Waals surface area (Å²) in [6.45, 7) is 4.70. The van der Waals surface area contributed by atoms with Crippen LogP contribution in [0.2, 0.25) is 0 Å². The van der Waals surface area contributed by atoms with Crippen molar-refractivity contribution in [3.05, 3.63) is 18.2 Å². The van der Waals surface area contributed by atoms with Gasteiger partial charge in [0.2, 0.25) is 10.0 Å². The van der Waals surface area contributed by atoms with Gasteiger partial charge in [-0.15, -0.1) is 0 Å². The molecule has 1 atom stereocenters. The second kappa shape index (κ2) is 5.36. The zero-order valence-corrected chi connectivity index (χ0v) is 12.3. The van der Waals surface area contributed by atoms with E-state index in [1.165, 1.54) is 32.2 Å². The van der Waals surface area contributed by atoms with Gasteiger partial charge < -0.3 is 15.6 Å². The van der Waals surface area contributed by atoms with Gasteiger partial charge in [0.1, 0.15) is 10.6 Å². The minimum atomic E-state index is -3.81. The van der Waals surface area contributed by atoms with Gasteiger partial charge in [-0.1, -0.05) is 0 Å². The summed E-state index contributed by atoms with van der Waals surface area (Å²) < 4.78 is 31.9. The molecule has 0 heterocycles. The van der Waals surface area contributed by atoms with Gasteiger partial charge in [0, 0.05) is 6.07 Å². The van der Waals surface area contributed by atoms with Crippen LogP contribution in [0.5, 0.6) is 5.75 Å². The summed E-state index contributed by atoms with van der Waals surface area (Å²) in [7, 11) is -2.34. The zero-order valence-electron chi connectivity index (χ0n) is 11.5. The second-order valence-electron chi connectivity index (χ2n) is 4.91. The SMILES string of the molecule is COc1ccc(S(=O)(=O)NC(C)(C)C(C)O)c(N)c1. The van der Waals surface area contributed by atoms with Crippen molar-refractivity contribution in [3.8, 4) is 5.75 Å². The molecule has 1 aromatic carbocycles. The molecule has 7 heteroatoms. The van der Waals surface area contributed by atoms with Crippen LogP contribution in [0.4, 0.5) is 5.69 Å². The highest BCUT2D eigenvalue weighted by Gasteiger charge is 2.31. The number of nitrogens with two attached hydrogens (primary N) is 1. The highest BCUT2D eigenvalue weighted by atomic mass is 32.2. The zero-order chi connectivity index (χ0) is 14.8. The van der Waals surface area contributed by atoms with Crippen LogP contribution in [0.3, 0.4) is 0 Å². The molecule has 0 aromatic heterocycles. The average molecular weight is 288 g/mol. The van der Waals surface area contributed by atoms with E-state index in [-0.39, 0.29) is 10.6 Å². The number of rotatable bonds is 5. The van der Waals surface area contributed by atoms with Gasteiger partial charge in [0.15, 0.2) is 0 Å². The molecule has 0 spiro atoms. The first kappa shape index (κ1) is 15.7. The van der Waals surface area contributed by atoms with Gasteiger partial charge in [0.05, 0.1) is 24.4 Å². The number of sulfonamides is 1. The van der Waals surface area contributed by atoms with E-state index < -0.39 is 21.7 Å². The molecule has 0 fully saturated rings. The molecule has 0 radical (unpaired) electrons. The van der Waals surface area contributed by atoms with E-state index in [0.29, 0.717) is 5.75 Å². The molecular weight excluding hydrogens is 268 g/mol. The van der Waals surface area contributed by atoms with Gasteiger partial charge in [0.25, 0.3) is 0 Å². The number of ether oxygens (including phenoxy) is 1. The molecule has 0 bridgehead atoms. The Hall–Kier alpha value is -1.31. The van der Waals surface area contributed by atoms with Crippen molar-refractivity contribution in [3.63, 3.8) is 0 Å². The van der Waals surface area contributed by atoms with Crippen LogP contribution in [-0.2, 0) is 10.0 Å². The van der Waals surface area contributed by atoms with Gasteiger partial charge >= 0.3 is 0 Å². The van der Waals surface area contributed by atoms with Crippen molar-refractivity contribution < 1.29 is 18.3 Å². The summed E-state index contributed by atoms with van der Waals surface area (Å²) in [5.41, 5.74) is 4.81. The van der Waals surface area contributed by atoms with Gasteiger partial charge in [-0.25, -0.2) is 13.1 Å². The van der Waals surface area contributed by atoms with Crippen molar-refractivity contribution >= 4 is 15.7 Å². The second-order valence-corrected chi connectivity index (χ2v) is 6.56. The third kappa shape index (κ3) is 3.59. The van der Waals surface area contributed by atoms with Crippen molar-refractivity contribution in [1.82, 2.24) is 4.72 Å². The molecule has 6 nitrogen and oxygen atoms in total. The minimum absolute atomic E-state index is 0.0398. The quantitative estimate of drug-likeness (QED) is 0.693. The lowest BCUT2D eigenvalue weighted by Gasteiger charge is -2.29. The first-order valence-corrected chi connectivity index (χ1v) is 7.24. The predicted molar refractivity (Wildman–Crippen MR) is 73.5 cm³/mol. The number of methoxy groups -OCH3 is 1. The van der Waals surface area contributed by atoms with Gasteiger partial charge in [-0.2, -0.15) is 0 Å². The average Bonchev–Trinajstić information content (AvgIpc) is 2.26. The Balaban J connectivity index is 3.15. The Labute approximate surface area is 113 Å². The molecule has 4 N–H and O–H groups in total.